The van der Waals surface area contributed by atoms with Crippen molar-refractivity contribution in [1.29, 1.82) is 0 Å². The van der Waals surface area contributed by atoms with Crippen molar-refractivity contribution < 1.29 is 19.0 Å². The molecule has 3 aromatic rings. The van der Waals surface area contributed by atoms with Gasteiger partial charge in [-0.1, -0.05) is 18.2 Å². The third kappa shape index (κ3) is 4.93. The van der Waals surface area contributed by atoms with Crippen molar-refractivity contribution in [1.82, 2.24) is 15.3 Å². The molecule has 1 saturated heterocycles. The predicted octanol–water partition coefficient (Wildman–Crippen LogP) is 3.85. The highest BCUT2D eigenvalue weighted by atomic mass is 16.5. The second-order valence-corrected chi connectivity index (χ2v) is 6.96. The molecule has 7 nitrogen and oxygen atoms in total. The van der Waals surface area contributed by atoms with Crippen LogP contribution in [-0.4, -0.2) is 42.2 Å². The van der Waals surface area contributed by atoms with E-state index in [1.54, 1.807) is 37.7 Å². The number of benzene rings is 2. The lowest BCUT2D eigenvalue weighted by atomic mass is 10.1. The predicted molar refractivity (Wildman–Crippen MR) is 112 cm³/mol. The average Bonchev–Trinajstić information content (AvgIpc) is 3.32. The Labute approximate surface area is 175 Å². The Morgan fingerprint density at radius 3 is 2.57 bits per heavy atom. The van der Waals surface area contributed by atoms with Crippen LogP contribution in [0.4, 0.5) is 0 Å². The summed E-state index contributed by atoms with van der Waals surface area (Å²) >= 11 is 0. The number of hydrogen-bond donors (Lipinski definition) is 1. The van der Waals surface area contributed by atoms with Crippen LogP contribution in [0.25, 0.3) is 11.1 Å². The van der Waals surface area contributed by atoms with E-state index in [0.29, 0.717) is 23.6 Å². The summed E-state index contributed by atoms with van der Waals surface area (Å²) in [6.45, 7) is 1.32. The third-order valence-electron chi connectivity index (χ3n) is 4.87. The van der Waals surface area contributed by atoms with Gasteiger partial charge >= 0.3 is 6.01 Å². The highest BCUT2D eigenvalue weighted by Gasteiger charge is 2.16. The van der Waals surface area contributed by atoms with Crippen molar-refractivity contribution in [2.45, 2.75) is 18.9 Å². The molecular formula is C23H23N3O4. The molecule has 154 valence electrons. The fourth-order valence-corrected chi connectivity index (χ4v) is 3.22. The molecule has 1 amide bonds. The summed E-state index contributed by atoms with van der Waals surface area (Å²) in [5, 5.41) is 2.92. The van der Waals surface area contributed by atoms with Gasteiger partial charge in [0.15, 0.2) is 0 Å². The quantitative estimate of drug-likeness (QED) is 0.643. The summed E-state index contributed by atoms with van der Waals surface area (Å²) in [6, 6.07) is 14.8. The second-order valence-electron chi connectivity index (χ2n) is 6.96. The van der Waals surface area contributed by atoms with Crippen LogP contribution >= 0.6 is 0 Å². The SMILES string of the molecule is COc1cccc(Oc2ncc(-c3ccc(C(=O)NC[C@H]4CCCO4)cc3)cn2)c1. The number of carbonyl (C=O) groups is 1. The van der Waals surface area contributed by atoms with Crippen molar-refractivity contribution in [3.8, 4) is 28.6 Å². The highest BCUT2D eigenvalue weighted by Crippen LogP contribution is 2.24. The maximum Gasteiger partial charge on any atom is 0.321 e. The van der Waals surface area contributed by atoms with Crippen LogP contribution in [0, 0.1) is 0 Å². The Hall–Kier alpha value is -3.45. The normalized spacial score (nSPS) is 15.6. The number of carbonyl (C=O) groups excluding carboxylic acids is 1. The standard InChI is InChI=1S/C23H23N3O4/c1-28-19-4-2-5-20(12-19)30-23-25-13-18(14-26-23)16-7-9-17(10-8-16)22(27)24-15-21-6-3-11-29-21/h2,4-5,7-10,12-14,21H,3,6,11,15H2,1H3,(H,24,27)/t21-/m1/s1. The van der Waals surface area contributed by atoms with Crippen molar-refractivity contribution in [3.63, 3.8) is 0 Å². The van der Waals surface area contributed by atoms with E-state index in [1.807, 2.05) is 30.3 Å². The summed E-state index contributed by atoms with van der Waals surface area (Å²) in [5.41, 5.74) is 2.36. The number of hydrogen-bond acceptors (Lipinski definition) is 6. The van der Waals surface area contributed by atoms with Gasteiger partial charge in [0.1, 0.15) is 11.5 Å². The minimum atomic E-state index is -0.102. The van der Waals surface area contributed by atoms with Gasteiger partial charge in [-0.05, 0) is 42.7 Å². The Morgan fingerprint density at radius 2 is 1.87 bits per heavy atom. The smallest absolute Gasteiger partial charge is 0.321 e. The molecule has 1 aromatic heterocycles. The number of rotatable bonds is 7. The molecule has 1 aliphatic rings. The number of nitrogens with zero attached hydrogens (tertiary/aromatic N) is 2. The Bertz CT molecular complexity index is 984. The molecule has 0 spiro atoms. The molecule has 30 heavy (non-hydrogen) atoms. The molecule has 0 aliphatic carbocycles. The topological polar surface area (TPSA) is 82.6 Å². The van der Waals surface area contributed by atoms with E-state index in [0.717, 1.165) is 30.6 Å². The van der Waals surface area contributed by atoms with Crippen LogP contribution in [0.15, 0.2) is 60.9 Å². The average molecular weight is 405 g/mol. The molecule has 2 aromatic carbocycles. The monoisotopic (exact) mass is 405 g/mol. The van der Waals surface area contributed by atoms with Crippen LogP contribution in [-0.2, 0) is 4.74 Å². The first-order valence-electron chi connectivity index (χ1n) is 9.85. The first-order valence-corrected chi connectivity index (χ1v) is 9.85. The molecule has 1 N–H and O–H groups in total. The summed E-state index contributed by atoms with van der Waals surface area (Å²) < 4.78 is 16.4. The molecule has 1 aliphatic heterocycles. The molecule has 4 rings (SSSR count). The highest BCUT2D eigenvalue weighted by molar-refractivity contribution is 5.94. The van der Waals surface area contributed by atoms with Crippen LogP contribution in [0.5, 0.6) is 17.5 Å². The molecule has 7 heteroatoms. The molecular weight excluding hydrogens is 382 g/mol. The van der Waals surface area contributed by atoms with Crippen molar-refractivity contribution in [2.24, 2.45) is 0 Å². The molecule has 0 saturated carbocycles. The van der Waals surface area contributed by atoms with Crippen LogP contribution < -0.4 is 14.8 Å². The third-order valence-corrected chi connectivity index (χ3v) is 4.87. The van der Waals surface area contributed by atoms with Crippen LogP contribution in [0.1, 0.15) is 23.2 Å². The summed E-state index contributed by atoms with van der Waals surface area (Å²) in [4.78, 5) is 20.8. The van der Waals surface area contributed by atoms with Gasteiger partial charge in [0.05, 0.1) is 13.2 Å². The van der Waals surface area contributed by atoms with Crippen LogP contribution in [0.2, 0.25) is 0 Å². The Balaban J connectivity index is 1.37. The zero-order valence-corrected chi connectivity index (χ0v) is 16.7. The number of ether oxygens (including phenoxy) is 3. The minimum absolute atomic E-state index is 0.102. The van der Waals surface area contributed by atoms with Gasteiger partial charge in [-0.15, -0.1) is 0 Å². The van der Waals surface area contributed by atoms with Crippen molar-refractivity contribution >= 4 is 5.91 Å². The second kappa shape index (κ2) is 9.37. The van der Waals surface area contributed by atoms with E-state index in [-0.39, 0.29) is 18.0 Å². The van der Waals surface area contributed by atoms with Crippen molar-refractivity contribution in [2.75, 3.05) is 20.3 Å². The lowest BCUT2D eigenvalue weighted by Crippen LogP contribution is -2.31. The Morgan fingerprint density at radius 1 is 1.10 bits per heavy atom. The lowest BCUT2D eigenvalue weighted by Gasteiger charge is -2.11. The van der Waals surface area contributed by atoms with E-state index in [1.165, 1.54) is 0 Å². The zero-order valence-electron chi connectivity index (χ0n) is 16.7. The van der Waals surface area contributed by atoms with Gasteiger partial charge < -0.3 is 19.5 Å². The molecule has 2 heterocycles. The van der Waals surface area contributed by atoms with Gasteiger partial charge in [0.2, 0.25) is 0 Å². The van der Waals surface area contributed by atoms with E-state index in [4.69, 9.17) is 14.2 Å². The largest absolute Gasteiger partial charge is 0.497 e. The number of aromatic nitrogens is 2. The van der Waals surface area contributed by atoms with E-state index >= 15 is 0 Å². The number of nitrogens with one attached hydrogen (secondary N) is 1. The van der Waals surface area contributed by atoms with Gasteiger partial charge in [0, 0.05) is 42.7 Å². The first kappa shape index (κ1) is 19.8. The molecule has 0 unspecified atom stereocenters. The minimum Gasteiger partial charge on any atom is -0.497 e. The lowest BCUT2D eigenvalue weighted by molar-refractivity contribution is 0.0858. The van der Waals surface area contributed by atoms with Crippen LogP contribution in [0.3, 0.4) is 0 Å². The van der Waals surface area contributed by atoms with Gasteiger partial charge in [-0.25, -0.2) is 9.97 Å². The number of methoxy groups -OCH3 is 1. The summed E-state index contributed by atoms with van der Waals surface area (Å²) in [7, 11) is 1.60. The van der Waals surface area contributed by atoms with Crippen molar-refractivity contribution in [3.05, 3.63) is 66.5 Å². The fraction of sp³-hybridized carbons (Fsp3) is 0.261. The Kier molecular flexibility index (Phi) is 6.20. The van der Waals surface area contributed by atoms with Gasteiger partial charge in [-0.3, -0.25) is 4.79 Å². The molecule has 0 bridgehead atoms. The zero-order chi connectivity index (χ0) is 20.8. The fourth-order valence-electron chi connectivity index (χ4n) is 3.22. The molecule has 0 radical (unpaired) electrons. The maximum absolute atomic E-state index is 12.3. The summed E-state index contributed by atoms with van der Waals surface area (Å²) in [6.07, 6.45) is 5.56. The maximum atomic E-state index is 12.3. The molecule has 1 atom stereocenters. The van der Waals surface area contributed by atoms with E-state index in [2.05, 4.69) is 15.3 Å². The first-order chi connectivity index (χ1) is 14.7. The van der Waals surface area contributed by atoms with E-state index in [9.17, 15) is 4.79 Å². The van der Waals surface area contributed by atoms with Gasteiger partial charge in [0.25, 0.3) is 5.91 Å². The summed E-state index contributed by atoms with van der Waals surface area (Å²) in [5.74, 6) is 1.19. The van der Waals surface area contributed by atoms with E-state index < -0.39 is 0 Å². The van der Waals surface area contributed by atoms with Gasteiger partial charge in [-0.2, -0.15) is 0 Å². The molecule has 1 fully saturated rings. The number of amides is 1.